The second-order valence-electron chi connectivity index (χ2n) is 10.3. The average Bonchev–Trinajstić information content (AvgIpc) is 2.89. The van der Waals surface area contributed by atoms with Gasteiger partial charge in [0.25, 0.3) is 0 Å². The van der Waals surface area contributed by atoms with E-state index in [1.165, 1.54) is 49.7 Å². The number of unbranched alkanes of at least 4 members (excludes halogenated alkanes) is 2. The van der Waals surface area contributed by atoms with Crippen molar-refractivity contribution in [2.45, 2.75) is 84.0 Å². The molecule has 0 N–H and O–H groups in total. The van der Waals surface area contributed by atoms with E-state index in [0.29, 0.717) is 17.4 Å². The van der Waals surface area contributed by atoms with Crippen molar-refractivity contribution < 1.29 is 4.39 Å². The molecule has 2 atom stereocenters. The first kappa shape index (κ1) is 25.4. The van der Waals surface area contributed by atoms with Gasteiger partial charge in [-0.1, -0.05) is 104 Å². The van der Waals surface area contributed by atoms with Gasteiger partial charge in [-0.25, -0.2) is 4.39 Å². The molecule has 0 saturated carbocycles. The molecule has 2 aromatic rings. The largest absolute Gasteiger partial charge is 0.206 e. The molecule has 0 heterocycles. The second kappa shape index (κ2) is 12.9. The number of allylic oxidation sites excluding steroid dienone is 7. The van der Waals surface area contributed by atoms with Crippen molar-refractivity contribution in [3.05, 3.63) is 101 Å². The summed E-state index contributed by atoms with van der Waals surface area (Å²) in [6.07, 6.45) is 25.7. The molecule has 0 nitrogen and oxygen atoms in total. The Kier molecular flexibility index (Phi) is 9.35. The molecular weight excluding hydrogens is 427 g/mol. The fourth-order valence-corrected chi connectivity index (χ4v) is 5.48. The van der Waals surface area contributed by atoms with Crippen LogP contribution < -0.4 is 0 Å². The Morgan fingerprint density at radius 3 is 2.43 bits per heavy atom. The topological polar surface area (TPSA) is 0 Å². The van der Waals surface area contributed by atoms with Crippen molar-refractivity contribution in [1.29, 1.82) is 0 Å². The summed E-state index contributed by atoms with van der Waals surface area (Å²) in [5.74, 6) is 0.954. The molecule has 35 heavy (non-hydrogen) atoms. The maximum Gasteiger partial charge on any atom is 0.131 e. The van der Waals surface area contributed by atoms with Gasteiger partial charge in [-0.05, 0) is 92.9 Å². The van der Waals surface area contributed by atoms with Gasteiger partial charge in [-0.2, -0.15) is 0 Å². The summed E-state index contributed by atoms with van der Waals surface area (Å²) in [6, 6.07) is 14.2. The van der Waals surface area contributed by atoms with Crippen LogP contribution in [0.2, 0.25) is 0 Å². The fraction of sp³-hybridized carbons (Fsp3) is 0.412. The van der Waals surface area contributed by atoms with Gasteiger partial charge < -0.3 is 0 Å². The second-order valence-corrected chi connectivity index (χ2v) is 10.3. The minimum absolute atomic E-state index is 0.102. The summed E-state index contributed by atoms with van der Waals surface area (Å²) in [6.45, 7) is 4.33. The molecule has 0 saturated heterocycles. The zero-order valence-electron chi connectivity index (χ0n) is 21.6. The van der Waals surface area contributed by atoms with Gasteiger partial charge >= 0.3 is 0 Å². The van der Waals surface area contributed by atoms with Gasteiger partial charge in [0.1, 0.15) is 5.82 Å². The van der Waals surface area contributed by atoms with Crippen LogP contribution >= 0.6 is 0 Å². The lowest BCUT2D eigenvalue weighted by Crippen LogP contribution is -2.05. The molecule has 0 fully saturated rings. The van der Waals surface area contributed by atoms with Gasteiger partial charge in [-0.15, -0.1) is 0 Å². The van der Waals surface area contributed by atoms with Gasteiger partial charge in [-0.3, -0.25) is 0 Å². The fourth-order valence-electron chi connectivity index (χ4n) is 5.48. The number of hydrogen-bond acceptors (Lipinski definition) is 0. The van der Waals surface area contributed by atoms with Crippen LogP contribution in [0.3, 0.4) is 0 Å². The number of hydrogen-bond donors (Lipinski definition) is 0. The Balaban J connectivity index is 1.35. The maximum atomic E-state index is 15.1. The van der Waals surface area contributed by atoms with Crippen molar-refractivity contribution in [3.63, 3.8) is 0 Å². The first-order valence-corrected chi connectivity index (χ1v) is 13.7. The smallest absolute Gasteiger partial charge is 0.131 e. The lowest BCUT2D eigenvalue weighted by Gasteiger charge is -2.23. The highest BCUT2D eigenvalue weighted by atomic mass is 19.1. The highest BCUT2D eigenvalue weighted by molar-refractivity contribution is 5.66. The summed E-state index contributed by atoms with van der Waals surface area (Å²) >= 11 is 0. The zero-order valence-corrected chi connectivity index (χ0v) is 21.6. The van der Waals surface area contributed by atoms with Gasteiger partial charge in [0.2, 0.25) is 0 Å². The molecule has 0 radical (unpaired) electrons. The monoisotopic (exact) mass is 468 g/mol. The predicted molar refractivity (Wildman–Crippen MR) is 150 cm³/mol. The summed E-state index contributed by atoms with van der Waals surface area (Å²) < 4.78 is 15.1. The van der Waals surface area contributed by atoms with E-state index in [4.69, 9.17) is 0 Å². The minimum Gasteiger partial charge on any atom is -0.206 e. The number of halogens is 1. The molecule has 0 aromatic heterocycles. The zero-order chi connectivity index (χ0) is 24.5. The highest BCUT2D eigenvalue weighted by Gasteiger charge is 2.18. The van der Waals surface area contributed by atoms with Crippen molar-refractivity contribution in [2.75, 3.05) is 0 Å². The van der Waals surface area contributed by atoms with Crippen molar-refractivity contribution >= 4 is 6.08 Å². The quantitative estimate of drug-likeness (QED) is 0.253. The Morgan fingerprint density at radius 1 is 0.914 bits per heavy atom. The van der Waals surface area contributed by atoms with Gasteiger partial charge in [0, 0.05) is 5.56 Å². The van der Waals surface area contributed by atoms with Gasteiger partial charge in [0.05, 0.1) is 0 Å². The van der Waals surface area contributed by atoms with Crippen LogP contribution in [0, 0.1) is 11.7 Å². The molecule has 2 aliphatic carbocycles. The van der Waals surface area contributed by atoms with Crippen LogP contribution in [0.15, 0.2) is 84.0 Å². The van der Waals surface area contributed by atoms with Crippen LogP contribution in [-0.2, 0) is 0 Å². The lowest BCUT2D eigenvalue weighted by molar-refractivity contribution is 0.567. The summed E-state index contributed by atoms with van der Waals surface area (Å²) in [4.78, 5) is 0. The van der Waals surface area contributed by atoms with Crippen LogP contribution in [0.5, 0.6) is 0 Å². The summed E-state index contributed by atoms with van der Waals surface area (Å²) in [7, 11) is 0. The van der Waals surface area contributed by atoms with E-state index in [2.05, 4.69) is 80.6 Å². The van der Waals surface area contributed by atoms with E-state index >= 15 is 4.39 Å². The Morgan fingerprint density at radius 2 is 1.77 bits per heavy atom. The van der Waals surface area contributed by atoms with Crippen LogP contribution in [0.1, 0.15) is 95.1 Å². The van der Waals surface area contributed by atoms with Crippen molar-refractivity contribution in [2.24, 2.45) is 5.92 Å². The van der Waals surface area contributed by atoms with Gasteiger partial charge in [0.15, 0.2) is 0 Å². The lowest BCUT2D eigenvalue weighted by atomic mass is 9.83. The normalized spacial score (nSPS) is 20.9. The Hall–Kier alpha value is -2.67. The molecule has 4 rings (SSSR count). The van der Waals surface area contributed by atoms with Crippen molar-refractivity contribution in [1.82, 2.24) is 0 Å². The van der Waals surface area contributed by atoms with E-state index in [-0.39, 0.29) is 5.82 Å². The molecule has 0 spiro atoms. The van der Waals surface area contributed by atoms with Crippen LogP contribution in [0.4, 0.5) is 4.39 Å². The van der Waals surface area contributed by atoms with E-state index in [9.17, 15) is 0 Å². The first-order chi connectivity index (χ1) is 17.2. The van der Waals surface area contributed by atoms with Crippen LogP contribution in [0.25, 0.3) is 17.2 Å². The molecule has 2 unspecified atom stereocenters. The Labute approximate surface area is 212 Å². The molecule has 0 amide bonds. The highest BCUT2D eigenvalue weighted by Crippen LogP contribution is 2.36. The van der Waals surface area contributed by atoms with E-state index in [0.717, 1.165) is 36.8 Å². The third-order valence-corrected chi connectivity index (χ3v) is 7.72. The first-order valence-electron chi connectivity index (χ1n) is 13.7. The number of rotatable bonds is 9. The average molecular weight is 469 g/mol. The molecule has 2 aliphatic rings. The molecule has 1 heteroatoms. The Bertz CT molecular complexity index is 1080. The molecule has 0 bridgehead atoms. The number of benzene rings is 2. The molecule has 0 aliphatic heterocycles. The van der Waals surface area contributed by atoms with Crippen molar-refractivity contribution in [3.8, 4) is 11.1 Å². The molecule has 184 valence electrons. The third-order valence-electron chi connectivity index (χ3n) is 7.72. The van der Waals surface area contributed by atoms with Crippen LogP contribution in [-0.4, -0.2) is 0 Å². The predicted octanol–water partition coefficient (Wildman–Crippen LogP) is 10.6. The molecular formula is C34H41F. The van der Waals surface area contributed by atoms with E-state index in [1.807, 2.05) is 6.07 Å². The minimum atomic E-state index is -0.102. The standard InChI is InChI=1S/C34H41F/c1-3-5-6-8-27-15-19-30(20-16-27)32-23-24-33(34(35)25-32)31-21-17-29(18-22-31)14-13-28-11-9-26(7-4-2)10-12-28/h4,7,9,13-15,17-18,21-25,28,30H,3,5-6,8,10-12,16,19-20H2,1-2H3/b7-4+,14-13+. The van der Waals surface area contributed by atoms with E-state index in [1.54, 1.807) is 11.6 Å². The van der Waals surface area contributed by atoms with E-state index < -0.39 is 0 Å². The molecule has 2 aromatic carbocycles. The maximum absolute atomic E-state index is 15.1. The SMILES string of the molecule is C/C=C/C1=CCC(/C=C/c2ccc(-c3ccc(C4CC=C(CCCCC)CC4)cc3F)cc2)CC1. The summed E-state index contributed by atoms with van der Waals surface area (Å²) in [5.41, 5.74) is 7.04. The summed E-state index contributed by atoms with van der Waals surface area (Å²) in [5, 5.41) is 0. The third kappa shape index (κ3) is 7.17.